The summed E-state index contributed by atoms with van der Waals surface area (Å²) in [5, 5.41) is 9.12. The summed E-state index contributed by atoms with van der Waals surface area (Å²) in [6.07, 6.45) is -0.626. The number of nitrogens with one attached hydrogen (secondary N) is 4. The predicted octanol–water partition coefficient (Wildman–Crippen LogP) is -2.55. The molecule has 2 rings (SSSR count). The topological polar surface area (TPSA) is 99.3 Å². The molecule has 2 atom stereocenters. The minimum Gasteiger partial charge on any atom is -0.323 e. The normalized spacial score (nSPS) is 30.3. The van der Waals surface area contributed by atoms with Crippen molar-refractivity contribution in [2.45, 2.75) is 12.2 Å². The summed E-state index contributed by atoms with van der Waals surface area (Å²) in [6, 6.07) is -1.75. The number of fused-ring (bicyclic) bond motifs is 1. The van der Waals surface area contributed by atoms with Gasteiger partial charge in [-0.1, -0.05) is 0 Å². The fraction of sp³-hybridized carbons (Fsp3) is 0.400. The van der Waals surface area contributed by atoms with Crippen LogP contribution in [0, 0.1) is 0 Å². The van der Waals surface area contributed by atoms with Crippen molar-refractivity contribution in [2.24, 2.45) is 0 Å². The molecule has 0 aromatic heterocycles. The summed E-state index contributed by atoms with van der Waals surface area (Å²) < 4.78 is 0. The van der Waals surface area contributed by atoms with E-state index in [1.54, 1.807) is 0 Å². The summed E-state index contributed by atoms with van der Waals surface area (Å²) in [5.74, 6) is -0.498. The molecule has 2 fully saturated rings. The molecule has 0 aliphatic carbocycles. The summed E-state index contributed by atoms with van der Waals surface area (Å²) >= 11 is 0. The zero-order chi connectivity index (χ0) is 8.72. The molecule has 0 saturated carbocycles. The van der Waals surface area contributed by atoms with Gasteiger partial charge < -0.3 is 16.0 Å². The first-order valence-corrected chi connectivity index (χ1v) is 3.35. The molecule has 7 nitrogen and oxygen atoms in total. The van der Waals surface area contributed by atoms with Crippen molar-refractivity contribution in [2.75, 3.05) is 0 Å². The third-order valence-corrected chi connectivity index (χ3v) is 1.71. The summed E-state index contributed by atoms with van der Waals surface area (Å²) in [7, 11) is 0. The molecule has 2 heterocycles. The minimum atomic E-state index is -0.699. The van der Waals surface area contributed by atoms with E-state index in [1.165, 1.54) is 0 Å². The number of amides is 5. The zero-order valence-electron chi connectivity index (χ0n) is 6.88. The van der Waals surface area contributed by atoms with E-state index in [0.29, 0.717) is 0 Å². The summed E-state index contributed by atoms with van der Waals surface area (Å²) in [4.78, 5) is 32.4. The van der Waals surface area contributed by atoms with Crippen LogP contribution in [0.5, 0.6) is 0 Å². The second kappa shape index (κ2) is 3.52. The smallest absolute Gasteiger partial charge is 0.323 e. The van der Waals surface area contributed by atoms with Crippen molar-refractivity contribution in [1.82, 2.24) is 21.3 Å². The van der Waals surface area contributed by atoms with E-state index >= 15 is 0 Å². The second-order valence-electron chi connectivity index (χ2n) is 2.54. The summed E-state index contributed by atoms with van der Waals surface area (Å²) in [5.41, 5.74) is 0. The number of hydrogen-bond acceptors (Lipinski definition) is 3. The quantitative estimate of drug-likeness (QED) is 0.319. The number of hydrogen-bond donors (Lipinski definition) is 4. The molecule has 2 aliphatic rings. The molecule has 2 unspecified atom stereocenters. The third-order valence-electron chi connectivity index (χ3n) is 1.71. The molecule has 2 saturated heterocycles. The van der Waals surface area contributed by atoms with E-state index in [0.717, 1.165) is 0 Å². The van der Waals surface area contributed by atoms with Crippen molar-refractivity contribution in [1.29, 1.82) is 0 Å². The fourth-order valence-corrected chi connectivity index (χ4v) is 1.19. The fourth-order valence-electron chi connectivity index (χ4n) is 1.19. The molecule has 4 N–H and O–H groups in total. The van der Waals surface area contributed by atoms with Crippen molar-refractivity contribution in [3.05, 3.63) is 0 Å². The molecular weight excluding hydrogens is 187 g/mol. The van der Waals surface area contributed by atoms with Gasteiger partial charge in [-0.3, -0.25) is 10.1 Å². The number of imide groups is 1. The Labute approximate surface area is 95.3 Å². The van der Waals surface area contributed by atoms with Gasteiger partial charge in [0.05, 0.1) is 0 Å². The number of carbonyl (C=O) groups is 3. The van der Waals surface area contributed by atoms with Gasteiger partial charge in [-0.25, -0.2) is 9.59 Å². The number of rotatable bonds is 0. The van der Waals surface area contributed by atoms with Gasteiger partial charge in [-0.05, 0) is 0 Å². The molecule has 13 heavy (non-hydrogen) atoms. The van der Waals surface area contributed by atoms with Crippen molar-refractivity contribution in [3.63, 3.8) is 0 Å². The van der Waals surface area contributed by atoms with Crippen LogP contribution in [-0.2, 0) is 4.79 Å². The molecular formula is C5H6N4NaO3. The molecule has 0 bridgehead atoms. The van der Waals surface area contributed by atoms with E-state index in [4.69, 9.17) is 0 Å². The van der Waals surface area contributed by atoms with Crippen LogP contribution in [0.1, 0.15) is 0 Å². The first-order valence-electron chi connectivity index (χ1n) is 3.35. The van der Waals surface area contributed by atoms with Gasteiger partial charge in [0.25, 0.3) is 5.91 Å². The number of carbonyl (C=O) groups excluding carboxylic acids is 3. The van der Waals surface area contributed by atoms with E-state index in [2.05, 4.69) is 16.0 Å². The third kappa shape index (κ3) is 1.77. The molecule has 65 valence electrons. The van der Waals surface area contributed by atoms with E-state index < -0.39 is 30.2 Å². The Morgan fingerprint density at radius 3 is 2.23 bits per heavy atom. The van der Waals surface area contributed by atoms with Crippen LogP contribution in [-0.4, -0.2) is 59.7 Å². The first-order chi connectivity index (χ1) is 5.66. The Morgan fingerprint density at radius 2 is 1.54 bits per heavy atom. The van der Waals surface area contributed by atoms with Gasteiger partial charge in [0.1, 0.15) is 12.2 Å². The maximum absolute atomic E-state index is 11.0. The van der Waals surface area contributed by atoms with Gasteiger partial charge in [-0.2, -0.15) is 0 Å². The first kappa shape index (κ1) is 10.3. The van der Waals surface area contributed by atoms with Gasteiger partial charge >= 0.3 is 12.1 Å². The van der Waals surface area contributed by atoms with Crippen LogP contribution in [0.15, 0.2) is 0 Å². The number of urea groups is 2. The van der Waals surface area contributed by atoms with Crippen molar-refractivity contribution >= 4 is 47.5 Å². The maximum Gasteiger partial charge on any atom is 0.323 e. The van der Waals surface area contributed by atoms with Crippen molar-refractivity contribution in [3.8, 4) is 0 Å². The molecule has 0 aromatic rings. The van der Waals surface area contributed by atoms with Crippen LogP contribution in [0.3, 0.4) is 0 Å². The average Bonchev–Trinajstić information content (AvgIpc) is 2.29. The van der Waals surface area contributed by atoms with E-state index in [1.807, 2.05) is 5.32 Å². The zero-order valence-corrected chi connectivity index (χ0v) is 8.88. The van der Waals surface area contributed by atoms with Crippen LogP contribution >= 0.6 is 0 Å². The predicted molar refractivity (Wildman–Crippen MR) is 41.7 cm³/mol. The Bertz CT molecular complexity index is 281. The molecule has 8 heteroatoms. The minimum absolute atomic E-state index is 0. The maximum atomic E-state index is 11.0. The Balaban J connectivity index is 0.000000845. The van der Waals surface area contributed by atoms with Gasteiger partial charge in [-0.15, -0.1) is 0 Å². The average molecular weight is 193 g/mol. The molecule has 5 amide bonds. The van der Waals surface area contributed by atoms with E-state index in [9.17, 15) is 14.4 Å². The SMILES string of the molecule is O=C1NC(=O)C2NC(=O)NC2N1.[Na]. The Morgan fingerprint density at radius 1 is 0.923 bits per heavy atom. The van der Waals surface area contributed by atoms with Crippen LogP contribution in [0.4, 0.5) is 9.59 Å². The van der Waals surface area contributed by atoms with E-state index in [-0.39, 0.29) is 29.6 Å². The summed E-state index contributed by atoms with van der Waals surface area (Å²) in [6.45, 7) is 0. The second-order valence-corrected chi connectivity index (χ2v) is 2.54. The Kier molecular flexibility index (Phi) is 2.79. The van der Waals surface area contributed by atoms with Gasteiger partial charge in [0.15, 0.2) is 0 Å². The van der Waals surface area contributed by atoms with Crippen LogP contribution in [0.25, 0.3) is 0 Å². The van der Waals surface area contributed by atoms with Crippen LogP contribution in [0.2, 0.25) is 0 Å². The molecule has 0 spiro atoms. The van der Waals surface area contributed by atoms with Crippen LogP contribution < -0.4 is 21.3 Å². The van der Waals surface area contributed by atoms with Crippen molar-refractivity contribution < 1.29 is 14.4 Å². The molecule has 2 aliphatic heterocycles. The largest absolute Gasteiger partial charge is 0.323 e. The molecule has 0 aromatic carbocycles. The van der Waals surface area contributed by atoms with Gasteiger partial charge in [0.2, 0.25) is 0 Å². The standard InChI is InChI=1S/C5H6N4O3.Na/c10-3-1-2(7-4(11)6-1)8-5(12)9-3;/h1-2H,(H2,6,7,11)(H2,8,9,10,12);. The Hall–Kier alpha value is -0.790. The van der Waals surface area contributed by atoms with Gasteiger partial charge in [0, 0.05) is 29.6 Å². The monoisotopic (exact) mass is 193 g/mol. The molecule has 1 radical (unpaired) electrons.